The highest BCUT2D eigenvalue weighted by Crippen LogP contribution is 2.31. The van der Waals surface area contributed by atoms with E-state index in [1.54, 1.807) is 18.2 Å². The van der Waals surface area contributed by atoms with Gasteiger partial charge in [-0.15, -0.1) is 16.4 Å². The Labute approximate surface area is 162 Å². The maximum Gasteiger partial charge on any atom is 0.257 e. The second-order valence-electron chi connectivity index (χ2n) is 6.04. The summed E-state index contributed by atoms with van der Waals surface area (Å²) in [4.78, 5) is 20.4. The lowest BCUT2D eigenvalue weighted by Gasteiger charge is -2.04. The number of benzene rings is 2. The number of hydrogen-bond donors (Lipinski definition) is 2. The molecule has 0 aliphatic rings. The number of aromatic nitrogens is 6. The van der Waals surface area contributed by atoms with Gasteiger partial charge in [0, 0.05) is 33.6 Å². The van der Waals surface area contributed by atoms with Gasteiger partial charge >= 0.3 is 0 Å². The number of fused-ring (bicyclic) bond motifs is 1. The molecule has 2 N–H and O–H groups in total. The summed E-state index contributed by atoms with van der Waals surface area (Å²) < 4.78 is 1.50. The van der Waals surface area contributed by atoms with E-state index >= 15 is 0 Å². The molecule has 0 saturated heterocycles. The Hall–Kier alpha value is -3.85. The van der Waals surface area contributed by atoms with E-state index in [2.05, 4.69) is 30.8 Å². The predicted octanol–water partition coefficient (Wildman–Crippen LogP) is 3.52. The average Bonchev–Trinajstić information content (AvgIpc) is 3.48. The van der Waals surface area contributed by atoms with Crippen LogP contribution in [0.2, 0.25) is 0 Å². The van der Waals surface area contributed by atoms with Crippen LogP contribution in [0.4, 0.5) is 5.13 Å². The van der Waals surface area contributed by atoms with E-state index in [4.69, 9.17) is 0 Å². The lowest BCUT2D eigenvalue weighted by atomic mass is 10.1. The van der Waals surface area contributed by atoms with Gasteiger partial charge in [-0.1, -0.05) is 24.3 Å². The fourth-order valence-corrected chi connectivity index (χ4v) is 3.68. The smallest absolute Gasteiger partial charge is 0.257 e. The largest absolute Gasteiger partial charge is 0.360 e. The standard InChI is InChI=1S/C19H13N7OS/c27-18(12-4-3-5-13(8-12)26-11-21-24-25-26)23-19-22-17(10-28-19)15-9-20-16-7-2-1-6-14(15)16/h1-11,20H,(H,22,23,27). The maximum absolute atomic E-state index is 12.6. The van der Waals surface area contributed by atoms with Gasteiger partial charge in [-0.25, -0.2) is 9.67 Å². The van der Waals surface area contributed by atoms with E-state index < -0.39 is 0 Å². The molecule has 3 aromatic heterocycles. The Balaban J connectivity index is 1.39. The molecule has 0 aliphatic heterocycles. The second kappa shape index (κ2) is 6.71. The Morgan fingerprint density at radius 3 is 2.96 bits per heavy atom. The number of aromatic amines is 1. The fraction of sp³-hybridized carbons (Fsp3) is 0. The third-order valence-electron chi connectivity index (χ3n) is 4.31. The molecule has 5 aromatic rings. The van der Waals surface area contributed by atoms with Crippen molar-refractivity contribution in [2.75, 3.05) is 5.32 Å². The van der Waals surface area contributed by atoms with Crippen molar-refractivity contribution in [3.63, 3.8) is 0 Å². The third kappa shape index (κ3) is 2.93. The first-order chi connectivity index (χ1) is 13.8. The second-order valence-corrected chi connectivity index (χ2v) is 6.90. The Kier molecular flexibility index (Phi) is 3.91. The molecule has 0 unspecified atom stereocenters. The number of amides is 1. The van der Waals surface area contributed by atoms with Crippen molar-refractivity contribution in [2.45, 2.75) is 0 Å². The zero-order valence-electron chi connectivity index (χ0n) is 14.4. The number of tetrazole rings is 1. The van der Waals surface area contributed by atoms with Gasteiger partial charge in [-0.3, -0.25) is 10.1 Å². The third-order valence-corrected chi connectivity index (χ3v) is 5.07. The minimum atomic E-state index is -0.241. The predicted molar refractivity (Wildman–Crippen MR) is 107 cm³/mol. The number of rotatable bonds is 4. The summed E-state index contributed by atoms with van der Waals surface area (Å²) in [5, 5.41) is 17.5. The van der Waals surface area contributed by atoms with Crippen LogP contribution in [0, 0.1) is 0 Å². The van der Waals surface area contributed by atoms with Crippen LogP contribution in [-0.4, -0.2) is 36.1 Å². The number of thiazole rings is 1. The monoisotopic (exact) mass is 387 g/mol. The number of hydrogen-bond acceptors (Lipinski definition) is 6. The van der Waals surface area contributed by atoms with Crippen molar-refractivity contribution in [1.29, 1.82) is 0 Å². The highest BCUT2D eigenvalue weighted by molar-refractivity contribution is 7.14. The van der Waals surface area contributed by atoms with E-state index in [1.165, 1.54) is 22.3 Å². The number of carbonyl (C=O) groups is 1. The lowest BCUT2D eigenvalue weighted by molar-refractivity contribution is 0.102. The van der Waals surface area contributed by atoms with Gasteiger partial charge in [-0.2, -0.15) is 0 Å². The van der Waals surface area contributed by atoms with Gasteiger partial charge in [0.1, 0.15) is 6.33 Å². The summed E-state index contributed by atoms with van der Waals surface area (Å²) in [6.45, 7) is 0. The summed E-state index contributed by atoms with van der Waals surface area (Å²) in [5.74, 6) is -0.241. The van der Waals surface area contributed by atoms with Gasteiger partial charge in [0.2, 0.25) is 0 Å². The molecule has 0 fully saturated rings. The number of H-pyrrole nitrogens is 1. The Bertz CT molecular complexity index is 1270. The van der Waals surface area contributed by atoms with Crippen LogP contribution < -0.4 is 5.32 Å². The average molecular weight is 387 g/mol. The number of anilines is 1. The molecule has 136 valence electrons. The van der Waals surface area contributed by atoms with Gasteiger partial charge in [-0.05, 0) is 34.7 Å². The molecule has 28 heavy (non-hydrogen) atoms. The topological polar surface area (TPSA) is 101 Å². The number of carbonyl (C=O) groups excluding carboxylic acids is 1. The molecule has 0 saturated carbocycles. The summed E-state index contributed by atoms with van der Waals surface area (Å²) in [7, 11) is 0. The molecule has 3 heterocycles. The first kappa shape index (κ1) is 16.3. The molecule has 0 atom stereocenters. The summed E-state index contributed by atoms with van der Waals surface area (Å²) >= 11 is 1.39. The van der Waals surface area contributed by atoms with Crippen molar-refractivity contribution in [1.82, 2.24) is 30.2 Å². The van der Waals surface area contributed by atoms with Gasteiger partial charge in [0.15, 0.2) is 5.13 Å². The van der Waals surface area contributed by atoms with Crippen molar-refractivity contribution in [2.24, 2.45) is 0 Å². The molecule has 0 radical (unpaired) electrons. The number of nitrogens with zero attached hydrogens (tertiary/aromatic N) is 5. The van der Waals surface area contributed by atoms with Crippen LogP contribution >= 0.6 is 11.3 Å². The molecule has 5 rings (SSSR count). The molecule has 0 bridgehead atoms. The molecule has 9 heteroatoms. The maximum atomic E-state index is 12.6. The highest BCUT2D eigenvalue weighted by atomic mass is 32.1. The minimum Gasteiger partial charge on any atom is -0.360 e. The van der Waals surface area contributed by atoms with Crippen LogP contribution in [0.5, 0.6) is 0 Å². The molecule has 0 aliphatic carbocycles. The first-order valence-electron chi connectivity index (χ1n) is 8.45. The summed E-state index contributed by atoms with van der Waals surface area (Å²) in [5.41, 5.74) is 4.08. The van der Waals surface area contributed by atoms with E-state index in [0.29, 0.717) is 16.4 Å². The molecular formula is C19H13N7OS. The van der Waals surface area contributed by atoms with Crippen molar-refractivity contribution < 1.29 is 4.79 Å². The molecular weight excluding hydrogens is 374 g/mol. The number of para-hydroxylation sites is 1. The summed E-state index contributed by atoms with van der Waals surface area (Å²) in [6, 6.07) is 15.1. The van der Waals surface area contributed by atoms with Gasteiger partial charge in [0.05, 0.1) is 11.4 Å². The van der Waals surface area contributed by atoms with Crippen LogP contribution in [0.15, 0.2) is 66.4 Å². The van der Waals surface area contributed by atoms with Crippen LogP contribution in [0.1, 0.15) is 10.4 Å². The molecule has 0 spiro atoms. The van der Waals surface area contributed by atoms with E-state index in [1.807, 2.05) is 41.9 Å². The fourth-order valence-electron chi connectivity index (χ4n) is 2.98. The van der Waals surface area contributed by atoms with Crippen LogP contribution in [0.25, 0.3) is 27.8 Å². The molecule has 2 aromatic carbocycles. The van der Waals surface area contributed by atoms with Crippen molar-refractivity contribution in [3.05, 3.63) is 72.0 Å². The first-order valence-corrected chi connectivity index (χ1v) is 9.33. The van der Waals surface area contributed by atoms with Crippen LogP contribution in [-0.2, 0) is 0 Å². The normalized spacial score (nSPS) is 11.0. The van der Waals surface area contributed by atoms with Crippen molar-refractivity contribution >= 4 is 33.3 Å². The molecule has 1 amide bonds. The Morgan fingerprint density at radius 1 is 1.14 bits per heavy atom. The quantitative estimate of drug-likeness (QED) is 0.491. The highest BCUT2D eigenvalue weighted by Gasteiger charge is 2.13. The van der Waals surface area contributed by atoms with Gasteiger partial charge < -0.3 is 4.98 Å². The van der Waals surface area contributed by atoms with Crippen LogP contribution in [0.3, 0.4) is 0 Å². The van der Waals surface area contributed by atoms with Gasteiger partial charge in [0.25, 0.3) is 5.91 Å². The minimum absolute atomic E-state index is 0.241. The number of nitrogens with one attached hydrogen (secondary N) is 2. The molecule has 8 nitrogen and oxygen atoms in total. The zero-order chi connectivity index (χ0) is 18.9. The SMILES string of the molecule is O=C(Nc1nc(-c2c[nH]c3ccccc23)cs1)c1cccc(-n2cnnn2)c1. The lowest BCUT2D eigenvalue weighted by Crippen LogP contribution is -2.12. The van der Waals surface area contributed by atoms with E-state index in [0.717, 1.165) is 22.2 Å². The summed E-state index contributed by atoms with van der Waals surface area (Å²) in [6.07, 6.45) is 3.41. The van der Waals surface area contributed by atoms with E-state index in [9.17, 15) is 4.79 Å². The van der Waals surface area contributed by atoms with E-state index in [-0.39, 0.29) is 5.91 Å². The van der Waals surface area contributed by atoms with Crippen molar-refractivity contribution in [3.8, 4) is 16.9 Å². The zero-order valence-corrected chi connectivity index (χ0v) is 15.2. The Morgan fingerprint density at radius 2 is 2.07 bits per heavy atom.